The van der Waals surface area contributed by atoms with Crippen LogP contribution >= 0.6 is 11.6 Å². The molecule has 0 unspecified atom stereocenters. The number of nitrogens with one attached hydrogen (secondary N) is 3. The fraction of sp³-hybridized carbons (Fsp3) is 0.378. The quantitative estimate of drug-likeness (QED) is 0.0764. The van der Waals surface area contributed by atoms with Crippen molar-refractivity contribution < 1.29 is 35.8 Å². The molecule has 2 aromatic heterocycles. The van der Waals surface area contributed by atoms with Gasteiger partial charge in [0.05, 0.1) is 21.6 Å². The molecule has 14 nitrogen and oxygen atoms in total. The third-order valence-electron chi connectivity index (χ3n) is 11.2. The number of allylic oxidation sites excluding steroid dienone is 1. The van der Waals surface area contributed by atoms with Crippen LogP contribution in [0.3, 0.4) is 0 Å². The SMILES string of the molecule is [2H]C1([2H])COCC([2H])([2H])C1C([2H])([2H])Nc1ccc(S(=O)(=O)NC(=O)c2ccc(N3CCN(CC4=C(c5ccc(Cl)cc5)CC(C)(C)CC4)CC3)cc2Oc2cnc3[nH]ccc3c2)cc1[N+](=O)[O-]. The van der Waals surface area contributed by atoms with E-state index in [1.807, 2.05) is 16.9 Å². The van der Waals surface area contributed by atoms with Gasteiger partial charge in [0, 0.05) is 95.1 Å². The molecule has 2 fully saturated rings. The minimum Gasteiger partial charge on any atom is -0.455 e. The number of halogens is 1. The van der Waals surface area contributed by atoms with Gasteiger partial charge >= 0.3 is 0 Å². The molecule has 61 heavy (non-hydrogen) atoms. The van der Waals surface area contributed by atoms with Crippen LogP contribution in [0.15, 0.2) is 95.7 Å². The van der Waals surface area contributed by atoms with E-state index in [2.05, 4.69) is 51.1 Å². The van der Waals surface area contributed by atoms with E-state index in [1.54, 1.807) is 30.5 Å². The van der Waals surface area contributed by atoms with E-state index in [4.69, 9.17) is 29.3 Å². The summed E-state index contributed by atoms with van der Waals surface area (Å²) >= 11 is 6.23. The van der Waals surface area contributed by atoms with Gasteiger partial charge in [-0.2, -0.15) is 0 Å². The average molecular weight is 874 g/mol. The van der Waals surface area contributed by atoms with Gasteiger partial charge in [0.1, 0.15) is 22.8 Å². The lowest BCUT2D eigenvalue weighted by Crippen LogP contribution is -2.47. The molecule has 0 radical (unpaired) electrons. The summed E-state index contributed by atoms with van der Waals surface area (Å²) in [5.41, 5.74) is 3.88. The number of nitro groups is 1. The molecule has 16 heteroatoms. The number of anilines is 2. The summed E-state index contributed by atoms with van der Waals surface area (Å²) in [6.07, 6.45) is 1.22. The highest BCUT2D eigenvalue weighted by atomic mass is 35.5. The van der Waals surface area contributed by atoms with E-state index in [-0.39, 0.29) is 22.5 Å². The number of hydrogen-bond donors (Lipinski definition) is 3. The zero-order valence-electron chi connectivity index (χ0n) is 39.7. The summed E-state index contributed by atoms with van der Waals surface area (Å²) in [6, 6.07) is 18.8. The van der Waals surface area contributed by atoms with Gasteiger partial charge in [-0.15, -0.1) is 0 Å². The fourth-order valence-electron chi connectivity index (χ4n) is 7.81. The molecule has 0 saturated carbocycles. The van der Waals surface area contributed by atoms with Crippen molar-refractivity contribution in [3.63, 3.8) is 0 Å². The monoisotopic (exact) mass is 873 g/mol. The number of carbonyl (C=O) groups is 1. The molecule has 320 valence electrons. The number of rotatable bonds is 13. The molecule has 5 aromatic rings. The van der Waals surface area contributed by atoms with E-state index in [1.165, 1.54) is 29.0 Å². The number of H-pyrrole nitrogens is 1. The average Bonchev–Trinajstić information content (AvgIpc) is 3.72. The number of nitrogens with zero attached hydrogens (tertiary/aromatic N) is 4. The molecule has 3 N–H and O–H groups in total. The molecule has 3 aliphatic rings. The maximum absolute atomic E-state index is 14.0. The number of pyridine rings is 1. The third kappa shape index (κ3) is 10.0. The molecular formula is C45H50ClN7O7S. The Balaban J connectivity index is 1.02. The Morgan fingerprint density at radius 1 is 1.08 bits per heavy atom. The van der Waals surface area contributed by atoms with Crippen LogP contribution in [-0.2, 0) is 14.8 Å². The van der Waals surface area contributed by atoms with Crippen LogP contribution in [0, 0.1) is 21.4 Å². The number of carbonyl (C=O) groups excluding carboxylic acids is 1. The highest BCUT2D eigenvalue weighted by Gasteiger charge is 2.31. The predicted molar refractivity (Wildman–Crippen MR) is 237 cm³/mol. The van der Waals surface area contributed by atoms with Crippen LogP contribution in [0.2, 0.25) is 5.02 Å². The number of nitro benzene ring substituents is 1. The molecular weight excluding hydrogens is 818 g/mol. The standard InChI is InChI=1S/C45H50ClN7O7S/c1-45(2)15-11-33(39(26-45)31-3-5-34(46)6-4-31)29-51-17-19-52(20-18-51)35-7-9-38(42(24-35)60-36-23-32-12-16-47-43(32)49-28-36)44(54)50-61(57,58)37-8-10-40(41(25-37)53(55)56)48-27-30-13-21-59-22-14-30/h3-10,12,16,23-25,28,30,48H,11,13-15,17-22,26-27,29H2,1-2H3,(H,47,49)(H,50,54)/i13D2,14D2,27D2. The maximum Gasteiger partial charge on any atom is 0.293 e. The molecule has 4 heterocycles. The fourth-order valence-corrected chi connectivity index (χ4v) is 8.92. The highest BCUT2D eigenvalue weighted by Crippen LogP contribution is 2.43. The summed E-state index contributed by atoms with van der Waals surface area (Å²) in [6.45, 7) is 4.14. The van der Waals surface area contributed by atoms with Crippen LogP contribution in [0.1, 0.15) is 70.0 Å². The minimum atomic E-state index is -4.83. The van der Waals surface area contributed by atoms with E-state index < -0.39 is 75.5 Å². The summed E-state index contributed by atoms with van der Waals surface area (Å²) in [7, 11) is -4.83. The first-order chi connectivity index (χ1) is 31.5. The first-order valence-electron chi connectivity index (χ1n) is 22.9. The summed E-state index contributed by atoms with van der Waals surface area (Å²) < 4.78 is 91.0. The summed E-state index contributed by atoms with van der Waals surface area (Å²) in [5.74, 6) is -2.80. The third-order valence-corrected chi connectivity index (χ3v) is 12.8. The molecule has 2 aliphatic heterocycles. The number of ether oxygens (including phenoxy) is 2. The molecule has 3 aromatic carbocycles. The highest BCUT2D eigenvalue weighted by molar-refractivity contribution is 7.90. The van der Waals surface area contributed by atoms with Crippen molar-refractivity contribution in [3.05, 3.63) is 117 Å². The van der Waals surface area contributed by atoms with Crippen LogP contribution in [0.25, 0.3) is 16.6 Å². The van der Waals surface area contributed by atoms with Crippen LogP contribution in [0.5, 0.6) is 11.5 Å². The van der Waals surface area contributed by atoms with Crippen molar-refractivity contribution in [2.24, 2.45) is 11.3 Å². The Morgan fingerprint density at radius 2 is 1.85 bits per heavy atom. The number of piperazine rings is 1. The van der Waals surface area contributed by atoms with E-state index >= 15 is 0 Å². The lowest BCUT2D eigenvalue weighted by molar-refractivity contribution is -0.384. The van der Waals surface area contributed by atoms with Crippen LogP contribution in [0.4, 0.5) is 17.1 Å². The second-order valence-electron chi connectivity index (χ2n) is 16.0. The van der Waals surface area contributed by atoms with Crippen LogP contribution < -0.4 is 19.7 Å². The van der Waals surface area contributed by atoms with Crippen molar-refractivity contribution in [2.75, 3.05) is 62.7 Å². The molecule has 8 rings (SSSR count). The second kappa shape index (κ2) is 17.9. The van der Waals surface area contributed by atoms with Crippen molar-refractivity contribution >= 4 is 61.2 Å². The Kier molecular flexibility index (Phi) is 10.3. The van der Waals surface area contributed by atoms with Crippen LogP contribution in [-0.4, -0.2) is 86.6 Å². The minimum absolute atomic E-state index is 0.0208. The zero-order chi connectivity index (χ0) is 48.1. The maximum atomic E-state index is 14.0. The normalized spacial score (nSPS) is 21.0. The Morgan fingerprint density at radius 3 is 2.61 bits per heavy atom. The Bertz CT molecular complexity index is 2840. The van der Waals surface area contributed by atoms with Crippen molar-refractivity contribution in [1.82, 2.24) is 19.6 Å². The summed E-state index contributed by atoms with van der Waals surface area (Å²) in [4.78, 5) is 36.6. The van der Waals surface area contributed by atoms with Gasteiger partial charge in [0.2, 0.25) is 0 Å². The van der Waals surface area contributed by atoms with E-state index in [0.29, 0.717) is 29.8 Å². The number of sulfonamides is 1. The number of aromatic nitrogens is 2. The van der Waals surface area contributed by atoms with Gasteiger partial charge in [-0.1, -0.05) is 43.2 Å². The smallest absolute Gasteiger partial charge is 0.293 e. The Hall–Kier alpha value is -5.48. The number of fused-ring (bicyclic) bond motifs is 1. The molecule has 0 atom stereocenters. The number of aromatic amines is 1. The number of hydrogen-bond acceptors (Lipinski definition) is 11. The molecule has 1 aliphatic carbocycles. The van der Waals surface area contributed by atoms with Gasteiger partial charge in [-0.3, -0.25) is 19.8 Å². The largest absolute Gasteiger partial charge is 0.455 e. The molecule has 1 amide bonds. The van der Waals surface area contributed by atoms with Gasteiger partial charge in [0.15, 0.2) is 0 Å². The van der Waals surface area contributed by atoms with Crippen molar-refractivity contribution in [1.29, 1.82) is 0 Å². The van der Waals surface area contributed by atoms with Crippen molar-refractivity contribution in [3.8, 4) is 11.5 Å². The Labute approximate surface area is 368 Å². The van der Waals surface area contributed by atoms with E-state index in [9.17, 15) is 23.3 Å². The lowest BCUT2D eigenvalue weighted by atomic mass is 9.72. The van der Waals surface area contributed by atoms with E-state index in [0.717, 1.165) is 62.1 Å². The molecule has 0 bridgehead atoms. The number of amides is 1. The molecule has 2 saturated heterocycles. The summed E-state index contributed by atoms with van der Waals surface area (Å²) in [5, 5.41) is 15.9. The lowest BCUT2D eigenvalue weighted by Gasteiger charge is -2.39. The first kappa shape index (κ1) is 35.2. The predicted octanol–water partition coefficient (Wildman–Crippen LogP) is 8.66. The zero-order valence-corrected chi connectivity index (χ0v) is 35.2. The first-order valence-corrected chi connectivity index (χ1v) is 21.8. The molecule has 0 spiro atoms. The van der Waals surface area contributed by atoms with Crippen molar-refractivity contribution in [2.45, 2.75) is 50.8 Å². The van der Waals surface area contributed by atoms with Gasteiger partial charge < -0.3 is 24.7 Å². The topological polar surface area (TPSA) is 172 Å². The van der Waals surface area contributed by atoms with Gasteiger partial charge in [0.25, 0.3) is 21.6 Å². The van der Waals surface area contributed by atoms with Gasteiger partial charge in [-0.05, 0) is 103 Å². The second-order valence-corrected chi connectivity index (χ2v) is 18.2. The van der Waals surface area contributed by atoms with Gasteiger partial charge in [-0.25, -0.2) is 18.1 Å². The number of benzene rings is 3.